The summed E-state index contributed by atoms with van der Waals surface area (Å²) in [6, 6.07) is -0.971. The van der Waals surface area contributed by atoms with Crippen LogP contribution in [0.5, 0.6) is 0 Å². The lowest BCUT2D eigenvalue weighted by Crippen LogP contribution is -2.66. The summed E-state index contributed by atoms with van der Waals surface area (Å²) in [6.45, 7) is 1.42. The highest BCUT2D eigenvalue weighted by atomic mass is 16.8. The van der Waals surface area contributed by atoms with Crippen LogP contribution in [0.15, 0.2) is 85.1 Å². The molecule has 3 rings (SSSR count). The Bertz CT molecular complexity index is 1890. The minimum absolute atomic E-state index is 0.239. The van der Waals surface area contributed by atoms with E-state index < -0.39 is 124 Å². The second-order valence-corrected chi connectivity index (χ2v) is 23.2. The number of aliphatic hydroxyl groups excluding tert-OH is 11. The molecule has 0 radical (unpaired) electrons. The summed E-state index contributed by atoms with van der Waals surface area (Å²) in [5.74, 6) is -0.287. The van der Waals surface area contributed by atoms with Crippen molar-refractivity contribution >= 4 is 5.91 Å². The topological polar surface area (TPSA) is 307 Å². The lowest BCUT2D eigenvalue weighted by atomic mass is 9.96. The molecule has 12 N–H and O–H groups in total. The molecule has 3 fully saturated rings. The van der Waals surface area contributed by atoms with Gasteiger partial charge in [0.15, 0.2) is 18.9 Å². The van der Waals surface area contributed by atoms with E-state index in [1.807, 2.05) is 13.0 Å². The fourth-order valence-corrected chi connectivity index (χ4v) is 10.6. The first kappa shape index (κ1) is 77.2. The number of nitrogens with one attached hydrogen (secondary N) is 1. The first-order valence-corrected chi connectivity index (χ1v) is 32.8. The molecular weight excluding hydrogens is 1110 g/mol. The average Bonchev–Trinajstić information content (AvgIpc) is 1.41. The number of carbonyl (C=O) groups excluding carboxylic acids is 1. The lowest BCUT2D eigenvalue weighted by molar-refractivity contribution is -0.379. The molecule has 86 heavy (non-hydrogen) atoms. The Morgan fingerprint density at radius 3 is 1.24 bits per heavy atom. The van der Waals surface area contributed by atoms with Crippen molar-refractivity contribution in [3.8, 4) is 0 Å². The number of hydrogen-bond acceptors (Lipinski definition) is 18. The van der Waals surface area contributed by atoms with Crippen LogP contribution in [0.4, 0.5) is 0 Å². The Morgan fingerprint density at radius 1 is 0.430 bits per heavy atom. The molecule has 0 aromatic rings. The average molecular weight is 1220 g/mol. The highest BCUT2D eigenvalue weighted by Gasteiger charge is 2.53. The zero-order chi connectivity index (χ0) is 62.6. The van der Waals surface area contributed by atoms with E-state index in [9.17, 15) is 61.0 Å². The molecule has 0 aromatic carbocycles. The van der Waals surface area contributed by atoms with E-state index >= 15 is 0 Å². The first-order valence-electron chi connectivity index (χ1n) is 32.8. The highest BCUT2D eigenvalue weighted by molar-refractivity contribution is 5.76. The molecule has 3 saturated heterocycles. The molecule has 17 atom stereocenters. The maximum atomic E-state index is 13.2. The Morgan fingerprint density at radius 2 is 0.802 bits per heavy atom. The lowest BCUT2D eigenvalue weighted by Gasteiger charge is -2.48. The summed E-state index contributed by atoms with van der Waals surface area (Å²) in [6.07, 6.45) is 35.6. The number of unbranched alkanes of at least 4 members (excludes halogenated alkanes) is 20. The molecule has 3 aliphatic heterocycles. The fourth-order valence-electron chi connectivity index (χ4n) is 10.6. The number of hydrogen-bond donors (Lipinski definition) is 12. The Balaban J connectivity index is 1.24. The van der Waals surface area contributed by atoms with E-state index in [-0.39, 0.29) is 18.9 Å². The van der Waals surface area contributed by atoms with E-state index in [2.05, 4.69) is 85.2 Å². The van der Waals surface area contributed by atoms with Gasteiger partial charge in [0.2, 0.25) is 5.91 Å². The van der Waals surface area contributed by atoms with Gasteiger partial charge in [0.05, 0.1) is 38.6 Å². The van der Waals surface area contributed by atoms with Crippen molar-refractivity contribution in [3.05, 3.63) is 85.1 Å². The largest absolute Gasteiger partial charge is 0.394 e. The minimum Gasteiger partial charge on any atom is -0.394 e. The molecule has 19 heteroatoms. The van der Waals surface area contributed by atoms with Crippen molar-refractivity contribution in [3.63, 3.8) is 0 Å². The normalized spacial score (nSPS) is 29.3. The molecule has 0 bridgehead atoms. The summed E-state index contributed by atoms with van der Waals surface area (Å²) in [4.78, 5) is 13.2. The predicted molar refractivity (Wildman–Crippen MR) is 332 cm³/mol. The van der Waals surface area contributed by atoms with Gasteiger partial charge in [-0.1, -0.05) is 214 Å². The minimum atomic E-state index is -1.98. The van der Waals surface area contributed by atoms with E-state index in [0.29, 0.717) is 12.8 Å². The summed E-state index contributed by atoms with van der Waals surface area (Å²) in [7, 11) is 0. The van der Waals surface area contributed by atoms with Crippen LogP contribution in [0.1, 0.15) is 200 Å². The van der Waals surface area contributed by atoms with Crippen molar-refractivity contribution in [2.45, 2.75) is 304 Å². The van der Waals surface area contributed by atoms with Gasteiger partial charge in [-0.2, -0.15) is 0 Å². The molecule has 0 aliphatic carbocycles. The van der Waals surface area contributed by atoms with Gasteiger partial charge < -0.3 is 89.9 Å². The van der Waals surface area contributed by atoms with Gasteiger partial charge in [0.1, 0.15) is 73.2 Å². The van der Waals surface area contributed by atoms with E-state index in [4.69, 9.17) is 28.4 Å². The van der Waals surface area contributed by atoms with Crippen LogP contribution in [-0.4, -0.2) is 193 Å². The van der Waals surface area contributed by atoms with Gasteiger partial charge in [-0.05, 0) is 64.2 Å². The van der Waals surface area contributed by atoms with E-state index in [0.717, 1.165) is 70.6 Å². The van der Waals surface area contributed by atoms with Crippen molar-refractivity contribution in [1.29, 1.82) is 0 Å². The second kappa shape index (κ2) is 48.8. The molecule has 17 unspecified atom stereocenters. The zero-order valence-corrected chi connectivity index (χ0v) is 52.0. The van der Waals surface area contributed by atoms with Crippen molar-refractivity contribution < 1.29 is 89.4 Å². The maximum Gasteiger partial charge on any atom is 0.220 e. The van der Waals surface area contributed by atoms with Crippen LogP contribution >= 0.6 is 0 Å². The maximum absolute atomic E-state index is 13.2. The van der Waals surface area contributed by atoms with Crippen LogP contribution in [-0.2, 0) is 33.2 Å². The van der Waals surface area contributed by atoms with Crippen LogP contribution in [0.25, 0.3) is 0 Å². The smallest absolute Gasteiger partial charge is 0.220 e. The van der Waals surface area contributed by atoms with Crippen LogP contribution in [0.3, 0.4) is 0 Å². The number of amides is 1. The third-order valence-electron chi connectivity index (χ3n) is 15.9. The zero-order valence-electron chi connectivity index (χ0n) is 52.0. The molecule has 1 amide bonds. The van der Waals surface area contributed by atoms with Crippen LogP contribution in [0.2, 0.25) is 0 Å². The van der Waals surface area contributed by atoms with Crippen molar-refractivity contribution in [1.82, 2.24) is 5.32 Å². The molecule has 3 aliphatic rings. The standard InChI is InChI=1S/C67H115NO18/c1-3-5-7-9-10-11-12-13-14-15-16-17-18-19-20-21-22-23-24-25-26-27-28-29-30-31-32-33-34-35-36-37-38-39-40-41-43-45-55(73)68-50(51(72)44-42-8-6-4-2)49-81-65-61(79)58(76)63(53(47-70)83-65)86-67-62(80)59(77)64(54(48-71)84-67)85-66-60(78)57(75)56(74)52(46-69)82-66/h5,7,10-11,13-14,16-17,19-20,22-23,42,44,50-54,56-67,69-72,74-80H,3-4,6,8-9,12,15,18,21,24-41,43,45-49H2,1-2H3,(H,68,73)/b7-5-,11-10-,14-13-,17-16-,20-19-,23-22-,44-42+. The van der Waals surface area contributed by atoms with Crippen molar-refractivity contribution in [2.75, 3.05) is 26.4 Å². The Hall–Kier alpha value is -3.03. The molecule has 496 valence electrons. The van der Waals surface area contributed by atoms with Gasteiger partial charge >= 0.3 is 0 Å². The molecule has 0 spiro atoms. The van der Waals surface area contributed by atoms with Crippen molar-refractivity contribution in [2.24, 2.45) is 0 Å². The summed E-state index contributed by atoms with van der Waals surface area (Å²) in [5, 5.41) is 119. The first-order chi connectivity index (χ1) is 41.8. The number of aliphatic hydroxyl groups is 11. The SMILES string of the molecule is CC/C=C\C/C=C\C/C=C\C/C=C\C/C=C\C/C=C\CCCCCCCCCCCCCCCCCCCCC(=O)NC(COC1OC(CO)C(OC2OC(CO)C(OC3OC(CO)C(O)C(O)C3O)C(O)C2O)C(O)C1O)C(O)/C=C/CCCC. The van der Waals surface area contributed by atoms with Gasteiger partial charge in [0.25, 0.3) is 0 Å². The number of allylic oxidation sites excluding steroid dienone is 13. The monoisotopic (exact) mass is 1220 g/mol. The molecular formula is C67H115NO18. The van der Waals surface area contributed by atoms with E-state index in [1.165, 1.54) is 96.3 Å². The molecule has 19 nitrogen and oxygen atoms in total. The number of ether oxygens (including phenoxy) is 6. The van der Waals surface area contributed by atoms with Gasteiger partial charge in [-0.25, -0.2) is 0 Å². The third-order valence-corrected chi connectivity index (χ3v) is 15.9. The molecule has 3 heterocycles. The number of rotatable bonds is 48. The molecule has 0 saturated carbocycles. The van der Waals surface area contributed by atoms with Crippen LogP contribution < -0.4 is 5.32 Å². The van der Waals surface area contributed by atoms with E-state index in [1.54, 1.807) is 6.08 Å². The summed E-state index contributed by atoms with van der Waals surface area (Å²) in [5.41, 5.74) is 0. The van der Waals surface area contributed by atoms with Gasteiger partial charge in [0, 0.05) is 6.42 Å². The Labute approximate surface area is 514 Å². The number of carbonyl (C=O) groups is 1. The predicted octanol–water partition coefficient (Wildman–Crippen LogP) is 7.54. The fraction of sp³-hybridized carbons (Fsp3) is 0.776. The second-order valence-electron chi connectivity index (χ2n) is 23.2. The molecule has 0 aromatic heterocycles. The van der Waals surface area contributed by atoms with Gasteiger partial charge in [-0.15, -0.1) is 0 Å². The van der Waals surface area contributed by atoms with Gasteiger partial charge in [-0.3, -0.25) is 4.79 Å². The quantitative estimate of drug-likeness (QED) is 0.0207. The van der Waals surface area contributed by atoms with Crippen LogP contribution in [0, 0.1) is 0 Å². The highest BCUT2D eigenvalue weighted by Crippen LogP contribution is 2.33. The summed E-state index contributed by atoms with van der Waals surface area (Å²) < 4.78 is 34.0. The Kier molecular flexibility index (Phi) is 43.8. The third kappa shape index (κ3) is 31.1. The summed E-state index contributed by atoms with van der Waals surface area (Å²) >= 11 is 0.